The van der Waals surface area contributed by atoms with E-state index in [4.69, 9.17) is 8.94 Å². The molecule has 5 nitrogen and oxygen atoms in total. The van der Waals surface area contributed by atoms with E-state index in [2.05, 4.69) is 15.5 Å². The van der Waals surface area contributed by atoms with Gasteiger partial charge in [0.05, 0.1) is 12.3 Å². The number of hydrogen-bond acceptors (Lipinski definition) is 6. The predicted octanol–water partition coefficient (Wildman–Crippen LogP) is 1.71. The van der Waals surface area contributed by atoms with Crippen molar-refractivity contribution in [3.8, 4) is 11.6 Å². The summed E-state index contributed by atoms with van der Waals surface area (Å²) in [6, 6.07) is 3.78. The molecular weight excluding hydrogens is 226 g/mol. The third-order valence-corrected chi connectivity index (χ3v) is 3.46. The smallest absolute Gasteiger partial charge is 0.245 e. The lowest BCUT2D eigenvalue weighted by atomic mass is 10.3. The highest BCUT2D eigenvalue weighted by atomic mass is 32.2. The minimum atomic E-state index is 0.162. The molecule has 0 radical (unpaired) electrons. The van der Waals surface area contributed by atoms with E-state index in [9.17, 15) is 0 Å². The van der Waals surface area contributed by atoms with Gasteiger partial charge in [0.25, 0.3) is 0 Å². The van der Waals surface area contributed by atoms with Gasteiger partial charge in [-0.1, -0.05) is 5.16 Å². The van der Waals surface area contributed by atoms with Gasteiger partial charge in [-0.25, -0.2) is 0 Å². The van der Waals surface area contributed by atoms with Crippen LogP contribution in [0.4, 0.5) is 0 Å². The molecule has 1 aliphatic heterocycles. The predicted molar refractivity (Wildman–Crippen MR) is 60.1 cm³/mol. The number of furan rings is 1. The molecule has 0 spiro atoms. The number of rotatable bonds is 2. The van der Waals surface area contributed by atoms with Crippen LogP contribution in [0.3, 0.4) is 0 Å². The summed E-state index contributed by atoms with van der Waals surface area (Å²) in [7, 11) is 0. The number of hydrogen-bond donors (Lipinski definition) is 1. The second-order valence-electron chi connectivity index (χ2n) is 3.52. The Hall–Kier alpha value is -1.27. The Morgan fingerprint density at radius 1 is 1.50 bits per heavy atom. The lowest BCUT2D eigenvalue weighted by Gasteiger charge is -2.19. The van der Waals surface area contributed by atoms with Gasteiger partial charge < -0.3 is 14.3 Å². The van der Waals surface area contributed by atoms with Crippen LogP contribution in [0.2, 0.25) is 0 Å². The average molecular weight is 237 g/mol. The zero-order valence-electron chi connectivity index (χ0n) is 8.55. The Bertz CT molecular complexity index is 448. The normalized spacial score (nSPS) is 21.1. The highest BCUT2D eigenvalue weighted by molar-refractivity contribution is 7.99. The summed E-state index contributed by atoms with van der Waals surface area (Å²) in [6.07, 6.45) is 1.60. The maximum atomic E-state index is 5.23. The summed E-state index contributed by atoms with van der Waals surface area (Å²) in [5, 5.41) is 7.25. The van der Waals surface area contributed by atoms with Crippen LogP contribution in [0.25, 0.3) is 11.6 Å². The van der Waals surface area contributed by atoms with E-state index in [0.29, 0.717) is 17.5 Å². The molecule has 1 unspecified atom stereocenters. The van der Waals surface area contributed by atoms with Crippen LogP contribution in [0, 0.1) is 0 Å². The Morgan fingerprint density at radius 2 is 2.50 bits per heavy atom. The molecule has 6 heteroatoms. The lowest BCUT2D eigenvalue weighted by Crippen LogP contribution is -2.30. The van der Waals surface area contributed by atoms with Crippen molar-refractivity contribution < 1.29 is 8.94 Å². The van der Waals surface area contributed by atoms with Gasteiger partial charge in [-0.2, -0.15) is 16.7 Å². The number of nitrogens with one attached hydrogen (secondary N) is 1. The van der Waals surface area contributed by atoms with Gasteiger partial charge in [0.2, 0.25) is 11.7 Å². The maximum Gasteiger partial charge on any atom is 0.245 e. The van der Waals surface area contributed by atoms with Crippen molar-refractivity contribution in [2.45, 2.75) is 6.04 Å². The molecule has 0 saturated carbocycles. The standard InChI is InChI=1S/C10H11N3O2S/c1-2-8(14-4-1)9-12-10(15-13-9)7-6-16-5-3-11-7/h1-2,4,7,11H,3,5-6H2. The molecule has 16 heavy (non-hydrogen) atoms. The Kier molecular flexibility index (Phi) is 2.67. The zero-order valence-corrected chi connectivity index (χ0v) is 9.37. The molecule has 0 aromatic carbocycles. The van der Waals surface area contributed by atoms with Crippen LogP contribution in [0.1, 0.15) is 11.9 Å². The molecule has 1 aliphatic rings. The van der Waals surface area contributed by atoms with Crippen LogP contribution in [0.5, 0.6) is 0 Å². The quantitative estimate of drug-likeness (QED) is 0.857. The molecule has 2 aromatic heterocycles. The second kappa shape index (κ2) is 4.31. The number of aromatic nitrogens is 2. The van der Waals surface area contributed by atoms with Gasteiger partial charge >= 0.3 is 0 Å². The summed E-state index contributed by atoms with van der Waals surface area (Å²) in [5.74, 6) is 3.89. The third-order valence-electron chi connectivity index (χ3n) is 2.40. The van der Waals surface area contributed by atoms with E-state index in [1.807, 2.05) is 17.8 Å². The van der Waals surface area contributed by atoms with Crippen LogP contribution in [-0.4, -0.2) is 28.2 Å². The molecule has 1 N–H and O–H groups in total. The van der Waals surface area contributed by atoms with Gasteiger partial charge in [0.15, 0.2) is 5.76 Å². The first-order valence-corrected chi connectivity index (χ1v) is 6.27. The first-order valence-electron chi connectivity index (χ1n) is 5.12. The molecule has 84 valence electrons. The van der Waals surface area contributed by atoms with Crippen molar-refractivity contribution in [1.82, 2.24) is 15.5 Å². The molecule has 3 rings (SSSR count). The monoisotopic (exact) mass is 237 g/mol. The van der Waals surface area contributed by atoms with Crippen molar-refractivity contribution in [1.29, 1.82) is 0 Å². The van der Waals surface area contributed by atoms with Gasteiger partial charge in [0.1, 0.15) is 0 Å². The highest BCUT2D eigenvalue weighted by Crippen LogP contribution is 2.23. The van der Waals surface area contributed by atoms with E-state index in [-0.39, 0.29) is 6.04 Å². The van der Waals surface area contributed by atoms with E-state index < -0.39 is 0 Å². The minimum Gasteiger partial charge on any atom is -0.461 e. The Morgan fingerprint density at radius 3 is 3.25 bits per heavy atom. The molecule has 0 bridgehead atoms. The Balaban J connectivity index is 1.82. The highest BCUT2D eigenvalue weighted by Gasteiger charge is 2.22. The molecule has 0 aliphatic carbocycles. The summed E-state index contributed by atoms with van der Waals surface area (Å²) in [6.45, 7) is 0.980. The zero-order chi connectivity index (χ0) is 10.8. The molecule has 2 aromatic rings. The SMILES string of the molecule is c1coc(-c2noc(C3CSCCN3)n2)c1. The largest absolute Gasteiger partial charge is 0.461 e. The third kappa shape index (κ3) is 1.85. The molecule has 1 fully saturated rings. The molecule has 3 heterocycles. The van der Waals surface area contributed by atoms with Crippen LogP contribution in [-0.2, 0) is 0 Å². The van der Waals surface area contributed by atoms with Crippen molar-refractivity contribution in [3.05, 3.63) is 24.3 Å². The average Bonchev–Trinajstić information content (AvgIpc) is 3.01. The van der Waals surface area contributed by atoms with E-state index in [1.54, 1.807) is 12.3 Å². The maximum absolute atomic E-state index is 5.23. The lowest BCUT2D eigenvalue weighted by molar-refractivity contribution is 0.342. The number of nitrogens with zero attached hydrogens (tertiary/aromatic N) is 2. The molecule has 1 atom stereocenters. The minimum absolute atomic E-state index is 0.162. The fraction of sp³-hybridized carbons (Fsp3) is 0.400. The summed E-state index contributed by atoms with van der Waals surface area (Å²) < 4.78 is 10.4. The molecular formula is C10H11N3O2S. The van der Waals surface area contributed by atoms with Crippen molar-refractivity contribution in [2.75, 3.05) is 18.1 Å². The van der Waals surface area contributed by atoms with Crippen molar-refractivity contribution in [3.63, 3.8) is 0 Å². The van der Waals surface area contributed by atoms with Gasteiger partial charge in [-0.3, -0.25) is 0 Å². The fourth-order valence-corrected chi connectivity index (χ4v) is 2.53. The number of thioether (sulfide) groups is 1. The van der Waals surface area contributed by atoms with Crippen LogP contribution < -0.4 is 5.32 Å². The van der Waals surface area contributed by atoms with Gasteiger partial charge in [0, 0.05) is 18.1 Å². The van der Waals surface area contributed by atoms with Crippen LogP contribution >= 0.6 is 11.8 Å². The second-order valence-corrected chi connectivity index (χ2v) is 4.66. The topological polar surface area (TPSA) is 64.1 Å². The van der Waals surface area contributed by atoms with E-state index in [1.165, 1.54) is 0 Å². The van der Waals surface area contributed by atoms with Gasteiger partial charge in [-0.05, 0) is 12.1 Å². The first kappa shape index (κ1) is 9.92. The first-order chi connectivity index (χ1) is 7.93. The molecule has 1 saturated heterocycles. The summed E-state index contributed by atoms with van der Waals surface area (Å²) >= 11 is 1.89. The summed E-state index contributed by atoms with van der Waals surface area (Å²) in [4.78, 5) is 4.33. The summed E-state index contributed by atoms with van der Waals surface area (Å²) in [5.41, 5.74) is 0. The van der Waals surface area contributed by atoms with Crippen molar-refractivity contribution >= 4 is 11.8 Å². The van der Waals surface area contributed by atoms with E-state index >= 15 is 0 Å². The fourth-order valence-electron chi connectivity index (χ4n) is 1.61. The van der Waals surface area contributed by atoms with E-state index in [0.717, 1.165) is 18.1 Å². The molecule has 0 amide bonds. The van der Waals surface area contributed by atoms with Crippen molar-refractivity contribution in [2.24, 2.45) is 0 Å². The van der Waals surface area contributed by atoms with Gasteiger partial charge in [-0.15, -0.1) is 0 Å². The Labute approximate surface area is 96.6 Å². The van der Waals surface area contributed by atoms with Crippen LogP contribution in [0.15, 0.2) is 27.3 Å².